The highest BCUT2D eigenvalue weighted by atomic mass is 32.2. The van der Waals surface area contributed by atoms with Gasteiger partial charge in [-0.3, -0.25) is 4.79 Å². The fraction of sp³-hybridized carbons (Fsp3) is 0.636. The Morgan fingerprint density at radius 2 is 2.30 bits per heavy atom. The van der Waals surface area contributed by atoms with E-state index in [0.29, 0.717) is 18.1 Å². The Hall–Kier alpha value is -1.61. The predicted octanol–water partition coefficient (Wildman–Crippen LogP) is 1.02. The lowest BCUT2D eigenvalue weighted by atomic mass is 10.1. The van der Waals surface area contributed by atoms with Gasteiger partial charge in [-0.15, -0.1) is 11.8 Å². The number of hydrogen-bond donors (Lipinski definition) is 2. The smallest absolute Gasteiger partial charge is 0.342 e. The van der Waals surface area contributed by atoms with Gasteiger partial charge in [0.2, 0.25) is 0 Å². The number of aromatic nitrogens is 2. The zero-order chi connectivity index (χ0) is 15.5. The average molecular weight is 302 g/mol. The standard InChI is InChI=1S/C11H18N4O4S/c1-7-13-6-8(15(18)19)14(7)4-5-20-11(2,3)9(12)10(16)17/h6,9H,4-5,12H2,1-3H3,(H,16,17)/t9-/m1/s1. The van der Waals surface area contributed by atoms with E-state index in [9.17, 15) is 14.9 Å². The third kappa shape index (κ3) is 3.70. The highest BCUT2D eigenvalue weighted by Gasteiger charge is 2.32. The van der Waals surface area contributed by atoms with Crippen LogP contribution in [0.3, 0.4) is 0 Å². The van der Waals surface area contributed by atoms with Gasteiger partial charge in [0.15, 0.2) is 5.82 Å². The molecule has 0 aliphatic heterocycles. The largest absolute Gasteiger partial charge is 0.480 e. The molecule has 0 fully saturated rings. The molecule has 0 saturated carbocycles. The van der Waals surface area contributed by atoms with Crippen molar-refractivity contribution in [3.8, 4) is 0 Å². The van der Waals surface area contributed by atoms with Crippen LogP contribution in [0.5, 0.6) is 0 Å². The molecular formula is C11H18N4O4S. The average Bonchev–Trinajstić information content (AvgIpc) is 2.70. The van der Waals surface area contributed by atoms with Crippen molar-refractivity contribution in [3.63, 3.8) is 0 Å². The van der Waals surface area contributed by atoms with E-state index in [0.717, 1.165) is 0 Å². The van der Waals surface area contributed by atoms with Crippen LogP contribution >= 0.6 is 11.8 Å². The number of rotatable bonds is 7. The summed E-state index contributed by atoms with van der Waals surface area (Å²) in [5.41, 5.74) is 5.61. The minimum absolute atomic E-state index is 0.0663. The van der Waals surface area contributed by atoms with Crippen molar-refractivity contribution < 1.29 is 14.8 Å². The van der Waals surface area contributed by atoms with E-state index < -0.39 is 21.7 Å². The van der Waals surface area contributed by atoms with Gasteiger partial charge >= 0.3 is 11.8 Å². The van der Waals surface area contributed by atoms with E-state index in [4.69, 9.17) is 10.8 Å². The molecule has 8 nitrogen and oxygen atoms in total. The summed E-state index contributed by atoms with van der Waals surface area (Å²) >= 11 is 1.37. The topological polar surface area (TPSA) is 124 Å². The fourth-order valence-corrected chi connectivity index (χ4v) is 2.75. The SMILES string of the molecule is Cc1ncc([N+](=O)[O-])n1CCSC(C)(C)[C@H](N)C(=O)O. The molecule has 0 aliphatic rings. The summed E-state index contributed by atoms with van der Waals surface area (Å²) < 4.78 is 0.838. The molecule has 20 heavy (non-hydrogen) atoms. The molecule has 3 N–H and O–H groups in total. The third-order valence-corrected chi connectivity index (χ3v) is 4.41. The van der Waals surface area contributed by atoms with E-state index in [2.05, 4.69) is 4.98 Å². The molecule has 0 radical (unpaired) electrons. The molecule has 0 spiro atoms. The second kappa shape index (κ2) is 6.23. The first-order valence-electron chi connectivity index (χ1n) is 5.95. The highest BCUT2D eigenvalue weighted by molar-refractivity contribution is 8.00. The lowest BCUT2D eigenvalue weighted by Crippen LogP contribution is -2.47. The quantitative estimate of drug-likeness (QED) is 0.569. The van der Waals surface area contributed by atoms with Crippen molar-refractivity contribution in [3.05, 3.63) is 22.1 Å². The number of carboxylic acid groups (broad SMARTS) is 1. The van der Waals surface area contributed by atoms with Crippen molar-refractivity contribution in [1.29, 1.82) is 0 Å². The number of carboxylic acids is 1. The number of hydrogen-bond acceptors (Lipinski definition) is 6. The van der Waals surface area contributed by atoms with E-state index in [1.807, 2.05) is 0 Å². The van der Waals surface area contributed by atoms with Crippen LogP contribution in [0, 0.1) is 17.0 Å². The monoisotopic (exact) mass is 302 g/mol. The van der Waals surface area contributed by atoms with E-state index in [-0.39, 0.29) is 5.82 Å². The summed E-state index contributed by atoms with van der Waals surface area (Å²) in [6.07, 6.45) is 1.22. The van der Waals surface area contributed by atoms with E-state index >= 15 is 0 Å². The van der Waals surface area contributed by atoms with Gasteiger partial charge in [-0.25, -0.2) is 9.55 Å². The van der Waals surface area contributed by atoms with Crippen LogP contribution in [-0.2, 0) is 11.3 Å². The maximum atomic E-state index is 10.9. The number of nitro groups is 1. The van der Waals surface area contributed by atoms with Gasteiger partial charge in [0, 0.05) is 17.4 Å². The van der Waals surface area contributed by atoms with Crippen molar-refractivity contribution >= 4 is 23.5 Å². The van der Waals surface area contributed by atoms with Crippen molar-refractivity contribution in [2.45, 2.75) is 38.1 Å². The summed E-state index contributed by atoms with van der Waals surface area (Å²) in [4.78, 5) is 25.1. The minimum Gasteiger partial charge on any atom is -0.480 e. The van der Waals surface area contributed by atoms with Crippen LogP contribution in [-0.4, -0.2) is 42.1 Å². The van der Waals surface area contributed by atoms with Gasteiger partial charge in [-0.1, -0.05) is 0 Å². The summed E-state index contributed by atoms with van der Waals surface area (Å²) in [6.45, 7) is 5.55. The zero-order valence-corrected chi connectivity index (χ0v) is 12.4. The molecule has 1 atom stereocenters. The van der Waals surface area contributed by atoms with Gasteiger partial charge in [-0.05, 0) is 18.8 Å². The number of imidazole rings is 1. The van der Waals surface area contributed by atoms with Crippen molar-refractivity contribution in [2.75, 3.05) is 5.75 Å². The molecule has 0 unspecified atom stereocenters. The lowest BCUT2D eigenvalue weighted by Gasteiger charge is -2.27. The molecular weight excluding hydrogens is 284 g/mol. The molecule has 112 valence electrons. The second-order valence-corrected chi connectivity index (χ2v) is 6.59. The van der Waals surface area contributed by atoms with Crippen molar-refractivity contribution in [1.82, 2.24) is 9.55 Å². The Kier molecular flexibility index (Phi) is 5.12. The minimum atomic E-state index is -1.06. The fourth-order valence-electron chi connectivity index (χ4n) is 1.67. The Labute approximate surface area is 120 Å². The van der Waals surface area contributed by atoms with Crippen LogP contribution in [0.2, 0.25) is 0 Å². The summed E-state index contributed by atoms with van der Waals surface area (Å²) in [5.74, 6) is -0.0696. The van der Waals surface area contributed by atoms with Gasteiger partial charge < -0.3 is 21.0 Å². The number of aliphatic carboxylic acids is 1. The Morgan fingerprint density at radius 1 is 1.70 bits per heavy atom. The number of nitrogens with two attached hydrogens (primary N) is 1. The molecule has 0 aromatic carbocycles. The molecule has 9 heteroatoms. The molecule has 1 aromatic heterocycles. The van der Waals surface area contributed by atoms with Crippen LogP contribution in [0.1, 0.15) is 19.7 Å². The van der Waals surface area contributed by atoms with E-state index in [1.165, 1.54) is 22.5 Å². The molecule has 0 aliphatic carbocycles. The Morgan fingerprint density at radius 3 is 2.80 bits per heavy atom. The first kappa shape index (κ1) is 16.4. The Balaban J connectivity index is 2.67. The van der Waals surface area contributed by atoms with Crippen LogP contribution in [0.25, 0.3) is 0 Å². The number of aryl methyl sites for hydroxylation is 1. The zero-order valence-electron chi connectivity index (χ0n) is 11.6. The van der Waals surface area contributed by atoms with Gasteiger partial charge in [0.1, 0.15) is 18.8 Å². The van der Waals surface area contributed by atoms with Gasteiger partial charge in [0.05, 0.1) is 0 Å². The van der Waals surface area contributed by atoms with Crippen LogP contribution < -0.4 is 5.73 Å². The molecule has 1 heterocycles. The normalized spacial score (nSPS) is 13.2. The number of thioether (sulfide) groups is 1. The van der Waals surface area contributed by atoms with Crippen LogP contribution in [0.4, 0.5) is 5.82 Å². The molecule has 0 saturated heterocycles. The maximum Gasteiger partial charge on any atom is 0.342 e. The maximum absolute atomic E-state index is 10.9. The third-order valence-electron chi connectivity index (χ3n) is 3.03. The lowest BCUT2D eigenvalue weighted by molar-refractivity contribution is -0.392. The summed E-state index contributed by atoms with van der Waals surface area (Å²) in [7, 11) is 0. The molecule has 0 bridgehead atoms. The first-order valence-corrected chi connectivity index (χ1v) is 6.94. The second-order valence-electron chi connectivity index (χ2n) is 4.84. The van der Waals surface area contributed by atoms with Crippen LogP contribution in [0.15, 0.2) is 6.20 Å². The van der Waals surface area contributed by atoms with Crippen molar-refractivity contribution in [2.24, 2.45) is 5.73 Å². The highest BCUT2D eigenvalue weighted by Crippen LogP contribution is 2.28. The number of nitrogens with zero attached hydrogens (tertiary/aromatic N) is 3. The van der Waals surface area contributed by atoms with Gasteiger partial charge in [-0.2, -0.15) is 0 Å². The molecule has 1 aromatic rings. The van der Waals surface area contributed by atoms with E-state index in [1.54, 1.807) is 20.8 Å². The Bertz CT molecular complexity index is 515. The predicted molar refractivity (Wildman–Crippen MR) is 75.8 cm³/mol. The summed E-state index contributed by atoms with van der Waals surface area (Å²) in [6, 6.07) is -0.994. The molecule has 0 amide bonds. The van der Waals surface area contributed by atoms with Gasteiger partial charge in [0.25, 0.3) is 0 Å². The molecule has 1 rings (SSSR count). The first-order chi connectivity index (χ1) is 9.16. The summed E-state index contributed by atoms with van der Waals surface area (Å²) in [5, 5.41) is 19.8. The number of carbonyl (C=O) groups is 1.